The molecule has 1 amide bonds. The van der Waals surface area contributed by atoms with Crippen molar-refractivity contribution in [3.8, 4) is 11.5 Å². The summed E-state index contributed by atoms with van der Waals surface area (Å²) < 4.78 is 51.5. The van der Waals surface area contributed by atoms with Gasteiger partial charge >= 0.3 is 0 Å². The van der Waals surface area contributed by atoms with E-state index in [1.807, 2.05) is 0 Å². The Kier molecular flexibility index (Phi) is 6.22. The van der Waals surface area contributed by atoms with E-state index in [4.69, 9.17) is 9.47 Å². The first-order valence-electron chi connectivity index (χ1n) is 8.75. The predicted molar refractivity (Wildman–Crippen MR) is 111 cm³/mol. The molecule has 0 aliphatic carbocycles. The molecule has 3 rings (SSSR count). The monoisotopic (exact) mass is 430 g/mol. The zero-order valence-electron chi connectivity index (χ0n) is 16.2. The number of hydrogen-bond donors (Lipinski definition) is 2. The molecule has 0 unspecified atom stereocenters. The molecule has 0 atom stereocenters. The molecule has 3 aromatic carbocycles. The van der Waals surface area contributed by atoms with Gasteiger partial charge in [-0.3, -0.25) is 9.52 Å². The minimum atomic E-state index is -4.09. The Morgan fingerprint density at radius 3 is 2.33 bits per heavy atom. The highest BCUT2D eigenvalue weighted by Crippen LogP contribution is 2.30. The van der Waals surface area contributed by atoms with E-state index >= 15 is 0 Å². The van der Waals surface area contributed by atoms with Crippen LogP contribution in [0, 0.1) is 5.82 Å². The van der Waals surface area contributed by atoms with Crippen LogP contribution in [0.1, 0.15) is 10.4 Å². The number of carbonyl (C=O) groups excluding carboxylic acids is 1. The van der Waals surface area contributed by atoms with Crippen molar-refractivity contribution in [2.45, 2.75) is 4.90 Å². The molecule has 0 fully saturated rings. The molecule has 7 nitrogen and oxygen atoms in total. The Morgan fingerprint density at radius 2 is 1.63 bits per heavy atom. The van der Waals surface area contributed by atoms with Crippen molar-refractivity contribution >= 4 is 27.3 Å². The fourth-order valence-electron chi connectivity index (χ4n) is 2.67. The van der Waals surface area contributed by atoms with Crippen molar-refractivity contribution in [1.82, 2.24) is 0 Å². The van der Waals surface area contributed by atoms with Crippen LogP contribution in [0.5, 0.6) is 11.5 Å². The van der Waals surface area contributed by atoms with Crippen molar-refractivity contribution < 1.29 is 27.1 Å². The Labute approximate surface area is 173 Å². The van der Waals surface area contributed by atoms with E-state index < -0.39 is 21.7 Å². The number of hydrogen-bond acceptors (Lipinski definition) is 5. The number of carbonyl (C=O) groups is 1. The van der Waals surface area contributed by atoms with E-state index in [9.17, 15) is 17.6 Å². The molecule has 0 heterocycles. The molecule has 30 heavy (non-hydrogen) atoms. The number of benzene rings is 3. The number of amides is 1. The average Bonchev–Trinajstić information content (AvgIpc) is 2.75. The molecule has 0 saturated carbocycles. The maximum absolute atomic E-state index is 13.8. The summed E-state index contributed by atoms with van der Waals surface area (Å²) in [5.41, 5.74) is 0.370. The van der Waals surface area contributed by atoms with Gasteiger partial charge in [0, 0.05) is 17.3 Å². The molecule has 0 spiro atoms. The number of methoxy groups -OCH3 is 2. The summed E-state index contributed by atoms with van der Waals surface area (Å²) in [5, 5.41) is 2.67. The molecule has 3 aromatic rings. The number of halogens is 1. The van der Waals surface area contributed by atoms with E-state index in [-0.39, 0.29) is 16.1 Å². The maximum Gasteiger partial charge on any atom is 0.262 e. The summed E-state index contributed by atoms with van der Waals surface area (Å²) in [7, 11) is -1.12. The third-order valence-electron chi connectivity index (χ3n) is 4.17. The van der Waals surface area contributed by atoms with Crippen LogP contribution in [-0.2, 0) is 10.0 Å². The van der Waals surface area contributed by atoms with Crippen molar-refractivity contribution in [3.63, 3.8) is 0 Å². The van der Waals surface area contributed by atoms with Crippen LogP contribution < -0.4 is 19.5 Å². The Bertz CT molecular complexity index is 1180. The van der Waals surface area contributed by atoms with Crippen LogP contribution >= 0.6 is 0 Å². The van der Waals surface area contributed by atoms with Crippen molar-refractivity contribution in [1.29, 1.82) is 0 Å². The standard InChI is InChI=1S/C21H19FN2O5S/c1-28-19-11-10-15(13-20(19)29-2)23-21(25)14-6-5-7-16(12-14)30(26,27)24-18-9-4-3-8-17(18)22/h3-13,24H,1-2H3,(H,23,25). The SMILES string of the molecule is COc1ccc(NC(=O)c2cccc(S(=O)(=O)Nc3ccccc3F)c2)cc1OC. The quantitative estimate of drug-likeness (QED) is 0.593. The Hall–Kier alpha value is -3.59. The van der Waals surface area contributed by atoms with Gasteiger partial charge in [-0.1, -0.05) is 18.2 Å². The first-order chi connectivity index (χ1) is 14.3. The van der Waals surface area contributed by atoms with E-state index in [0.717, 1.165) is 6.07 Å². The third-order valence-corrected chi connectivity index (χ3v) is 5.53. The zero-order chi connectivity index (χ0) is 21.7. The van der Waals surface area contributed by atoms with Gasteiger partial charge in [-0.05, 0) is 42.5 Å². The van der Waals surface area contributed by atoms with Crippen LogP contribution in [0.4, 0.5) is 15.8 Å². The first-order valence-corrected chi connectivity index (χ1v) is 10.2. The van der Waals surface area contributed by atoms with Gasteiger partial charge in [0.15, 0.2) is 11.5 Å². The van der Waals surface area contributed by atoms with E-state index in [0.29, 0.717) is 17.2 Å². The molecule has 0 radical (unpaired) electrons. The van der Waals surface area contributed by atoms with E-state index in [1.165, 1.54) is 56.7 Å². The fraction of sp³-hybridized carbons (Fsp3) is 0.0952. The largest absolute Gasteiger partial charge is 0.493 e. The normalized spacial score (nSPS) is 10.9. The van der Waals surface area contributed by atoms with E-state index in [2.05, 4.69) is 10.0 Å². The molecule has 0 saturated heterocycles. The maximum atomic E-state index is 13.8. The van der Waals surface area contributed by atoms with E-state index in [1.54, 1.807) is 18.2 Å². The first kappa shape index (κ1) is 21.1. The molecule has 9 heteroatoms. The smallest absolute Gasteiger partial charge is 0.262 e. The average molecular weight is 430 g/mol. The summed E-state index contributed by atoms with van der Waals surface area (Å²) in [6, 6.07) is 15.7. The molecular formula is C21H19FN2O5S. The van der Waals surface area contributed by atoms with Crippen molar-refractivity contribution in [3.05, 3.63) is 78.1 Å². The molecule has 0 aliphatic rings. The fourth-order valence-corrected chi connectivity index (χ4v) is 3.78. The summed E-state index contributed by atoms with van der Waals surface area (Å²) in [5.74, 6) is -0.294. The summed E-state index contributed by atoms with van der Waals surface area (Å²) in [6.07, 6.45) is 0. The van der Waals surface area contributed by atoms with Gasteiger partial charge in [-0.15, -0.1) is 0 Å². The molecule has 0 aromatic heterocycles. The second kappa shape index (κ2) is 8.83. The zero-order valence-corrected chi connectivity index (χ0v) is 17.0. The van der Waals surface area contributed by atoms with Crippen LogP contribution in [0.2, 0.25) is 0 Å². The topological polar surface area (TPSA) is 93.7 Å². The molecule has 156 valence electrons. The number of sulfonamides is 1. The molecule has 0 aliphatic heterocycles. The predicted octanol–water partition coefficient (Wildman–Crippen LogP) is 3.90. The lowest BCUT2D eigenvalue weighted by Crippen LogP contribution is -2.16. The second-order valence-corrected chi connectivity index (χ2v) is 7.82. The van der Waals surface area contributed by atoms with Crippen LogP contribution in [0.25, 0.3) is 0 Å². The second-order valence-electron chi connectivity index (χ2n) is 6.14. The van der Waals surface area contributed by atoms with Crippen LogP contribution in [0.3, 0.4) is 0 Å². The summed E-state index contributed by atoms with van der Waals surface area (Å²) in [4.78, 5) is 12.4. The van der Waals surface area contributed by atoms with Gasteiger partial charge in [-0.2, -0.15) is 0 Å². The van der Waals surface area contributed by atoms with Crippen LogP contribution in [0.15, 0.2) is 71.6 Å². The number of nitrogens with one attached hydrogen (secondary N) is 2. The molecular weight excluding hydrogens is 411 g/mol. The van der Waals surface area contributed by atoms with Gasteiger partial charge in [0.05, 0.1) is 24.8 Å². The number of rotatable bonds is 7. The summed E-state index contributed by atoms with van der Waals surface area (Å²) in [6.45, 7) is 0. The Balaban J connectivity index is 1.82. The minimum absolute atomic E-state index is 0.112. The van der Waals surface area contributed by atoms with Gasteiger partial charge in [0.2, 0.25) is 0 Å². The Morgan fingerprint density at radius 1 is 0.900 bits per heavy atom. The van der Waals surface area contributed by atoms with Gasteiger partial charge < -0.3 is 14.8 Å². The van der Waals surface area contributed by atoms with Gasteiger partial charge in [0.1, 0.15) is 5.82 Å². The minimum Gasteiger partial charge on any atom is -0.493 e. The number of ether oxygens (including phenoxy) is 2. The third kappa shape index (κ3) is 4.69. The highest BCUT2D eigenvalue weighted by Gasteiger charge is 2.18. The van der Waals surface area contributed by atoms with Gasteiger partial charge in [-0.25, -0.2) is 12.8 Å². The molecule has 2 N–H and O–H groups in total. The number of para-hydroxylation sites is 1. The number of anilines is 2. The highest BCUT2D eigenvalue weighted by molar-refractivity contribution is 7.92. The van der Waals surface area contributed by atoms with Crippen molar-refractivity contribution in [2.24, 2.45) is 0 Å². The molecule has 0 bridgehead atoms. The lowest BCUT2D eigenvalue weighted by molar-refractivity contribution is 0.102. The lowest BCUT2D eigenvalue weighted by Gasteiger charge is -2.12. The summed E-state index contributed by atoms with van der Waals surface area (Å²) >= 11 is 0. The van der Waals surface area contributed by atoms with Crippen LogP contribution in [-0.4, -0.2) is 28.5 Å². The van der Waals surface area contributed by atoms with Gasteiger partial charge in [0.25, 0.3) is 15.9 Å². The highest BCUT2D eigenvalue weighted by atomic mass is 32.2. The van der Waals surface area contributed by atoms with Crippen molar-refractivity contribution in [2.75, 3.05) is 24.3 Å². The lowest BCUT2D eigenvalue weighted by atomic mass is 10.2.